The molecule has 5 nitrogen and oxygen atoms in total. The minimum Gasteiger partial charge on any atom is -0.383 e. The van der Waals surface area contributed by atoms with Crippen molar-refractivity contribution >= 4 is 5.91 Å². The zero-order valence-corrected chi connectivity index (χ0v) is 13.9. The zero-order chi connectivity index (χ0) is 16.3. The fourth-order valence-corrected chi connectivity index (χ4v) is 3.47. The zero-order valence-electron chi connectivity index (χ0n) is 13.9. The summed E-state index contributed by atoms with van der Waals surface area (Å²) >= 11 is 0. The molecule has 126 valence electrons. The first-order valence-electron chi connectivity index (χ1n) is 8.53. The highest BCUT2D eigenvalue weighted by Crippen LogP contribution is 2.31. The molecule has 1 N–H and O–H groups in total. The quantitative estimate of drug-likeness (QED) is 0.890. The molecule has 0 radical (unpaired) electrons. The fourth-order valence-electron chi connectivity index (χ4n) is 3.47. The lowest BCUT2D eigenvalue weighted by Crippen LogP contribution is -2.45. The molecular weight excluding hydrogens is 290 g/mol. The van der Waals surface area contributed by atoms with E-state index in [1.165, 1.54) is 0 Å². The maximum atomic E-state index is 12.4. The summed E-state index contributed by atoms with van der Waals surface area (Å²) in [5, 5.41) is 10.8. The Kier molecular flexibility index (Phi) is 4.99. The van der Waals surface area contributed by atoms with E-state index in [0.717, 1.165) is 38.3 Å². The van der Waals surface area contributed by atoms with E-state index in [2.05, 4.69) is 16.8 Å². The van der Waals surface area contributed by atoms with Crippen molar-refractivity contribution in [3.05, 3.63) is 35.9 Å². The Morgan fingerprint density at radius 1 is 1.13 bits per heavy atom. The maximum absolute atomic E-state index is 12.4. The third-order valence-corrected chi connectivity index (χ3v) is 5.15. The van der Waals surface area contributed by atoms with Gasteiger partial charge in [0.2, 0.25) is 5.91 Å². The van der Waals surface area contributed by atoms with Crippen LogP contribution >= 0.6 is 0 Å². The van der Waals surface area contributed by atoms with Gasteiger partial charge in [0.05, 0.1) is 6.54 Å². The summed E-state index contributed by atoms with van der Waals surface area (Å²) in [4.78, 5) is 18.9. The molecule has 1 aromatic carbocycles. The third-order valence-electron chi connectivity index (χ3n) is 5.15. The lowest BCUT2D eigenvalue weighted by Gasteiger charge is -2.32. The number of hydrogen-bond acceptors (Lipinski definition) is 4. The molecule has 0 bridgehead atoms. The Labute approximate surface area is 138 Å². The van der Waals surface area contributed by atoms with Gasteiger partial charge in [0.25, 0.3) is 0 Å². The number of β-amino-alcohol motifs (C(OH)–C–C–N with tert-alkyl or cyclic N) is 1. The van der Waals surface area contributed by atoms with Crippen LogP contribution in [0, 0.1) is 0 Å². The second-order valence-electron chi connectivity index (χ2n) is 6.86. The van der Waals surface area contributed by atoms with Gasteiger partial charge in [-0.05, 0) is 19.0 Å². The van der Waals surface area contributed by atoms with Gasteiger partial charge in [0, 0.05) is 45.7 Å². The van der Waals surface area contributed by atoms with Gasteiger partial charge in [-0.1, -0.05) is 30.3 Å². The normalized spacial score (nSPS) is 26.6. The highest BCUT2D eigenvalue weighted by molar-refractivity contribution is 5.76. The first-order chi connectivity index (χ1) is 11.1. The van der Waals surface area contributed by atoms with Crippen LogP contribution in [0.25, 0.3) is 0 Å². The lowest BCUT2D eigenvalue weighted by atomic mass is 9.93. The van der Waals surface area contributed by atoms with E-state index in [9.17, 15) is 9.90 Å². The van der Waals surface area contributed by atoms with Crippen molar-refractivity contribution in [1.29, 1.82) is 0 Å². The first kappa shape index (κ1) is 16.4. The van der Waals surface area contributed by atoms with E-state index in [4.69, 9.17) is 0 Å². The molecule has 0 aliphatic carbocycles. The van der Waals surface area contributed by atoms with E-state index in [0.29, 0.717) is 25.9 Å². The number of carbonyl (C=O) groups is 1. The van der Waals surface area contributed by atoms with Crippen LogP contribution in [-0.4, -0.2) is 78.6 Å². The minimum absolute atomic E-state index is 0.163. The predicted octanol–water partition coefficient (Wildman–Crippen LogP) is 0.744. The van der Waals surface area contributed by atoms with Crippen molar-refractivity contribution in [2.24, 2.45) is 0 Å². The molecule has 1 aromatic rings. The number of carbonyl (C=O) groups excluding carboxylic acids is 1. The SMILES string of the molecule is CN1CCN(CCC(=O)N2CCC(O)(c3ccccc3)C2)CC1. The molecule has 2 aliphatic rings. The molecule has 1 atom stereocenters. The summed E-state index contributed by atoms with van der Waals surface area (Å²) < 4.78 is 0. The molecule has 2 heterocycles. The molecule has 3 rings (SSSR count). The Bertz CT molecular complexity index is 528. The van der Waals surface area contributed by atoms with Crippen LogP contribution in [-0.2, 0) is 10.4 Å². The monoisotopic (exact) mass is 317 g/mol. The molecule has 0 saturated carbocycles. The van der Waals surface area contributed by atoms with Crippen molar-refractivity contribution < 1.29 is 9.90 Å². The molecule has 1 unspecified atom stereocenters. The number of benzene rings is 1. The van der Waals surface area contributed by atoms with Gasteiger partial charge >= 0.3 is 0 Å². The summed E-state index contributed by atoms with van der Waals surface area (Å²) in [5.41, 5.74) is 0.0273. The molecule has 2 saturated heterocycles. The largest absolute Gasteiger partial charge is 0.383 e. The Balaban J connectivity index is 1.50. The van der Waals surface area contributed by atoms with Crippen LogP contribution in [0.4, 0.5) is 0 Å². The number of rotatable bonds is 4. The predicted molar refractivity (Wildman–Crippen MR) is 90.1 cm³/mol. The number of likely N-dealkylation sites (N-methyl/N-ethyl adjacent to an activating group) is 1. The summed E-state index contributed by atoms with van der Waals surface area (Å²) in [6.07, 6.45) is 1.17. The highest BCUT2D eigenvalue weighted by Gasteiger charge is 2.39. The lowest BCUT2D eigenvalue weighted by molar-refractivity contribution is -0.131. The van der Waals surface area contributed by atoms with Crippen molar-refractivity contribution in [2.45, 2.75) is 18.4 Å². The van der Waals surface area contributed by atoms with Crippen molar-refractivity contribution in [3.63, 3.8) is 0 Å². The summed E-state index contributed by atoms with van der Waals surface area (Å²) in [6, 6.07) is 9.70. The number of hydrogen-bond donors (Lipinski definition) is 1. The summed E-state index contributed by atoms with van der Waals surface area (Å²) in [6.45, 7) is 6.12. The Morgan fingerprint density at radius 2 is 1.83 bits per heavy atom. The van der Waals surface area contributed by atoms with Gasteiger partial charge < -0.3 is 19.8 Å². The Morgan fingerprint density at radius 3 is 2.52 bits per heavy atom. The second-order valence-corrected chi connectivity index (χ2v) is 6.86. The van der Waals surface area contributed by atoms with Gasteiger partial charge in [-0.3, -0.25) is 4.79 Å². The second kappa shape index (κ2) is 6.99. The van der Waals surface area contributed by atoms with Gasteiger partial charge in [0.15, 0.2) is 0 Å². The van der Waals surface area contributed by atoms with Crippen molar-refractivity contribution in [3.8, 4) is 0 Å². The average Bonchev–Trinajstić information content (AvgIpc) is 2.99. The summed E-state index contributed by atoms with van der Waals surface area (Å²) in [7, 11) is 2.14. The van der Waals surface area contributed by atoms with E-state index < -0.39 is 5.60 Å². The number of piperazine rings is 1. The molecular formula is C18H27N3O2. The van der Waals surface area contributed by atoms with Crippen LogP contribution in [0.2, 0.25) is 0 Å². The summed E-state index contributed by atoms with van der Waals surface area (Å²) in [5.74, 6) is 0.163. The van der Waals surface area contributed by atoms with Crippen molar-refractivity contribution in [2.75, 3.05) is 52.9 Å². The van der Waals surface area contributed by atoms with Crippen molar-refractivity contribution in [1.82, 2.24) is 14.7 Å². The molecule has 2 fully saturated rings. The third kappa shape index (κ3) is 3.91. The van der Waals surface area contributed by atoms with E-state index >= 15 is 0 Å². The minimum atomic E-state index is -0.884. The molecule has 1 amide bonds. The average molecular weight is 317 g/mol. The van der Waals surface area contributed by atoms with Gasteiger partial charge in [-0.15, -0.1) is 0 Å². The highest BCUT2D eigenvalue weighted by atomic mass is 16.3. The van der Waals surface area contributed by atoms with Gasteiger partial charge in [-0.2, -0.15) is 0 Å². The van der Waals surface area contributed by atoms with Crippen LogP contribution in [0.3, 0.4) is 0 Å². The Hall–Kier alpha value is -1.43. The number of nitrogens with zero attached hydrogens (tertiary/aromatic N) is 3. The molecule has 2 aliphatic heterocycles. The standard InChI is InChI=1S/C18H27N3O2/c1-19-11-13-20(14-12-19)9-7-17(22)21-10-8-18(23,15-21)16-5-3-2-4-6-16/h2-6,23H,7-15H2,1H3. The van der Waals surface area contributed by atoms with E-state index in [-0.39, 0.29) is 5.91 Å². The van der Waals surface area contributed by atoms with Gasteiger partial charge in [0.1, 0.15) is 5.60 Å². The van der Waals surface area contributed by atoms with E-state index in [1.54, 1.807) is 0 Å². The number of amides is 1. The maximum Gasteiger partial charge on any atom is 0.223 e. The molecule has 0 aromatic heterocycles. The topological polar surface area (TPSA) is 47.0 Å². The van der Waals surface area contributed by atoms with Gasteiger partial charge in [-0.25, -0.2) is 0 Å². The smallest absolute Gasteiger partial charge is 0.223 e. The van der Waals surface area contributed by atoms with E-state index in [1.807, 2.05) is 35.2 Å². The van der Waals surface area contributed by atoms with Crippen LogP contribution < -0.4 is 0 Å². The fraction of sp³-hybridized carbons (Fsp3) is 0.611. The molecule has 0 spiro atoms. The van der Waals surface area contributed by atoms with Crippen LogP contribution in [0.5, 0.6) is 0 Å². The van der Waals surface area contributed by atoms with Crippen LogP contribution in [0.1, 0.15) is 18.4 Å². The molecule has 5 heteroatoms. The first-order valence-corrected chi connectivity index (χ1v) is 8.53. The molecule has 23 heavy (non-hydrogen) atoms. The number of likely N-dealkylation sites (tertiary alicyclic amines) is 1. The number of aliphatic hydroxyl groups is 1. The van der Waals surface area contributed by atoms with Crippen LogP contribution in [0.15, 0.2) is 30.3 Å².